The largest absolute Gasteiger partial charge is 0.493 e. The van der Waals surface area contributed by atoms with Crippen molar-refractivity contribution in [1.82, 2.24) is 0 Å². The molecule has 2 aromatic rings. The average Bonchev–Trinajstić information content (AvgIpc) is 3.28. The first-order valence-electron chi connectivity index (χ1n) is 10.1. The number of hydrogen-bond acceptors (Lipinski definition) is 6. The van der Waals surface area contributed by atoms with Crippen LogP contribution in [0.25, 0.3) is 0 Å². The lowest BCUT2D eigenvalue weighted by molar-refractivity contribution is -0.116. The molecule has 1 atom stereocenters. The second-order valence-electron chi connectivity index (χ2n) is 7.50. The molecule has 1 aliphatic heterocycles. The van der Waals surface area contributed by atoms with E-state index in [2.05, 4.69) is 10.2 Å². The summed E-state index contributed by atoms with van der Waals surface area (Å²) in [6.45, 7) is 3.63. The fraction of sp³-hybridized carbons (Fsp3) is 0.409. The van der Waals surface area contributed by atoms with Gasteiger partial charge in [0.05, 0.1) is 26.2 Å². The Balaban J connectivity index is 1.80. The highest BCUT2D eigenvalue weighted by Gasteiger charge is 2.30. The number of benzene rings is 2. The van der Waals surface area contributed by atoms with Crippen molar-refractivity contribution in [2.45, 2.75) is 25.8 Å². The molecule has 0 radical (unpaired) electrons. The zero-order valence-corrected chi connectivity index (χ0v) is 19.1. The van der Waals surface area contributed by atoms with Crippen LogP contribution < -0.4 is 24.0 Å². The average molecular weight is 448 g/mol. The van der Waals surface area contributed by atoms with Gasteiger partial charge in [-0.3, -0.25) is 9.10 Å². The summed E-state index contributed by atoms with van der Waals surface area (Å²) >= 11 is 0. The number of sulfonamides is 1. The molecule has 1 unspecified atom stereocenters. The molecule has 1 amide bonds. The third-order valence-electron chi connectivity index (χ3n) is 5.32. The van der Waals surface area contributed by atoms with Gasteiger partial charge in [-0.05, 0) is 56.2 Å². The first-order valence-corrected chi connectivity index (χ1v) is 12.0. The molecule has 0 aliphatic carbocycles. The van der Waals surface area contributed by atoms with Crippen molar-refractivity contribution in [2.75, 3.05) is 48.1 Å². The van der Waals surface area contributed by atoms with Gasteiger partial charge in [0.1, 0.15) is 6.04 Å². The molecule has 2 aromatic carbocycles. The minimum atomic E-state index is -3.75. The zero-order chi connectivity index (χ0) is 22.6. The van der Waals surface area contributed by atoms with Gasteiger partial charge in [0.2, 0.25) is 15.9 Å². The quantitative estimate of drug-likeness (QED) is 0.669. The van der Waals surface area contributed by atoms with Crippen molar-refractivity contribution < 1.29 is 22.7 Å². The van der Waals surface area contributed by atoms with Crippen molar-refractivity contribution in [1.29, 1.82) is 0 Å². The van der Waals surface area contributed by atoms with E-state index in [-0.39, 0.29) is 0 Å². The number of carbonyl (C=O) groups is 1. The Hall–Kier alpha value is -2.94. The number of nitrogens with one attached hydrogen (secondary N) is 1. The number of anilines is 3. The van der Waals surface area contributed by atoms with E-state index in [9.17, 15) is 13.2 Å². The van der Waals surface area contributed by atoms with Crippen LogP contribution in [0.5, 0.6) is 11.5 Å². The Labute approximate surface area is 183 Å². The summed E-state index contributed by atoms with van der Waals surface area (Å²) < 4.78 is 36.7. The number of amides is 1. The SMILES string of the molecule is COc1ccc(N(C(C)C(=O)Nc2ccc(N3CCCC3)cc2)S(C)(=O)=O)cc1OC. The highest BCUT2D eigenvalue weighted by Crippen LogP contribution is 2.33. The van der Waals surface area contributed by atoms with Gasteiger partial charge in [-0.1, -0.05) is 0 Å². The minimum Gasteiger partial charge on any atom is -0.493 e. The molecule has 0 saturated carbocycles. The summed E-state index contributed by atoms with van der Waals surface area (Å²) in [6.07, 6.45) is 3.44. The van der Waals surface area contributed by atoms with Gasteiger partial charge in [0.25, 0.3) is 0 Å². The zero-order valence-electron chi connectivity index (χ0n) is 18.3. The Morgan fingerprint density at radius 3 is 2.19 bits per heavy atom. The fourth-order valence-corrected chi connectivity index (χ4v) is 4.92. The molecule has 0 bridgehead atoms. The third kappa shape index (κ3) is 5.22. The van der Waals surface area contributed by atoms with Crippen molar-refractivity contribution in [3.8, 4) is 11.5 Å². The van der Waals surface area contributed by atoms with Gasteiger partial charge in [-0.25, -0.2) is 8.42 Å². The molecule has 0 spiro atoms. The van der Waals surface area contributed by atoms with Crippen LogP contribution in [-0.2, 0) is 14.8 Å². The summed E-state index contributed by atoms with van der Waals surface area (Å²) in [6, 6.07) is 11.3. The van der Waals surface area contributed by atoms with E-state index in [4.69, 9.17) is 9.47 Å². The summed E-state index contributed by atoms with van der Waals surface area (Å²) in [7, 11) is -0.784. The van der Waals surface area contributed by atoms with Gasteiger partial charge >= 0.3 is 0 Å². The molecule has 1 saturated heterocycles. The number of ether oxygens (including phenoxy) is 2. The van der Waals surface area contributed by atoms with Crippen LogP contribution in [0.2, 0.25) is 0 Å². The van der Waals surface area contributed by atoms with Gasteiger partial charge in [0.15, 0.2) is 11.5 Å². The molecule has 168 valence electrons. The van der Waals surface area contributed by atoms with Crippen molar-refractivity contribution >= 4 is 33.0 Å². The maximum Gasteiger partial charge on any atom is 0.247 e. The number of methoxy groups -OCH3 is 2. The second-order valence-corrected chi connectivity index (χ2v) is 9.36. The number of carbonyl (C=O) groups excluding carboxylic acids is 1. The van der Waals surface area contributed by atoms with E-state index < -0.39 is 22.0 Å². The predicted octanol–water partition coefficient (Wildman–Crippen LogP) is 3.10. The molecule has 31 heavy (non-hydrogen) atoms. The predicted molar refractivity (Wildman–Crippen MR) is 123 cm³/mol. The summed E-state index contributed by atoms with van der Waals surface area (Å²) in [5.74, 6) is 0.405. The fourth-order valence-electron chi connectivity index (χ4n) is 3.75. The summed E-state index contributed by atoms with van der Waals surface area (Å²) in [4.78, 5) is 15.2. The molecular formula is C22H29N3O5S. The van der Waals surface area contributed by atoms with Gasteiger partial charge in [0, 0.05) is 30.5 Å². The van der Waals surface area contributed by atoms with E-state index in [1.807, 2.05) is 24.3 Å². The van der Waals surface area contributed by atoms with Gasteiger partial charge in [-0.2, -0.15) is 0 Å². The highest BCUT2D eigenvalue weighted by atomic mass is 32.2. The molecule has 9 heteroatoms. The highest BCUT2D eigenvalue weighted by molar-refractivity contribution is 7.92. The molecule has 8 nitrogen and oxygen atoms in total. The van der Waals surface area contributed by atoms with Crippen LogP contribution in [-0.4, -0.2) is 53.9 Å². The maximum atomic E-state index is 12.9. The van der Waals surface area contributed by atoms with E-state index in [1.54, 1.807) is 19.1 Å². The lowest BCUT2D eigenvalue weighted by Crippen LogP contribution is -2.45. The summed E-state index contributed by atoms with van der Waals surface area (Å²) in [5.41, 5.74) is 2.04. The Morgan fingerprint density at radius 2 is 1.65 bits per heavy atom. The third-order valence-corrected chi connectivity index (χ3v) is 6.56. The topological polar surface area (TPSA) is 88.2 Å². The Morgan fingerprint density at radius 1 is 1.03 bits per heavy atom. The molecule has 1 heterocycles. The number of nitrogens with zero attached hydrogens (tertiary/aromatic N) is 2. The van der Waals surface area contributed by atoms with Crippen LogP contribution in [0, 0.1) is 0 Å². The lowest BCUT2D eigenvalue weighted by atomic mass is 10.2. The number of hydrogen-bond donors (Lipinski definition) is 1. The van der Waals surface area contributed by atoms with Crippen LogP contribution in [0.15, 0.2) is 42.5 Å². The molecule has 1 N–H and O–H groups in total. The smallest absolute Gasteiger partial charge is 0.247 e. The standard InChI is InChI=1S/C22H29N3O5S/c1-16(22(26)23-17-7-9-18(10-8-17)24-13-5-6-14-24)25(31(4,27)28)19-11-12-20(29-2)21(15-19)30-3/h7-12,15-16H,5-6,13-14H2,1-4H3,(H,23,26). The lowest BCUT2D eigenvalue weighted by Gasteiger charge is -2.28. The van der Waals surface area contributed by atoms with Gasteiger partial charge < -0.3 is 19.7 Å². The van der Waals surface area contributed by atoms with E-state index in [0.29, 0.717) is 22.9 Å². The van der Waals surface area contributed by atoms with Crippen LogP contribution in [0.4, 0.5) is 17.1 Å². The van der Waals surface area contributed by atoms with E-state index >= 15 is 0 Å². The second kappa shape index (κ2) is 9.47. The van der Waals surface area contributed by atoms with Crippen LogP contribution in [0.1, 0.15) is 19.8 Å². The molecule has 0 aromatic heterocycles. The minimum absolute atomic E-state index is 0.312. The van der Waals surface area contributed by atoms with E-state index in [1.165, 1.54) is 33.1 Å². The molecule has 3 rings (SSSR count). The molecule has 1 aliphatic rings. The Kier molecular flexibility index (Phi) is 6.94. The normalized spacial score (nSPS) is 14.8. The van der Waals surface area contributed by atoms with E-state index in [0.717, 1.165) is 29.3 Å². The van der Waals surface area contributed by atoms with Gasteiger partial charge in [-0.15, -0.1) is 0 Å². The Bertz CT molecular complexity index is 1020. The van der Waals surface area contributed by atoms with Crippen molar-refractivity contribution in [3.63, 3.8) is 0 Å². The summed E-state index contributed by atoms with van der Waals surface area (Å²) in [5, 5.41) is 2.81. The first kappa shape index (κ1) is 22.7. The molecular weight excluding hydrogens is 418 g/mol. The first-order chi connectivity index (χ1) is 14.7. The molecule has 1 fully saturated rings. The van der Waals surface area contributed by atoms with Crippen molar-refractivity contribution in [2.24, 2.45) is 0 Å². The van der Waals surface area contributed by atoms with Crippen LogP contribution >= 0.6 is 0 Å². The van der Waals surface area contributed by atoms with Crippen molar-refractivity contribution in [3.05, 3.63) is 42.5 Å². The monoisotopic (exact) mass is 447 g/mol. The maximum absolute atomic E-state index is 12.9. The van der Waals surface area contributed by atoms with Crippen LogP contribution in [0.3, 0.4) is 0 Å². The number of rotatable bonds is 8.